The zero-order valence-electron chi connectivity index (χ0n) is 16.1. The summed E-state index contributed by atoms with van der Waals surface area (Å²) >= 11 is 0. The maximum atomic E-state index is 12.6. The Morgan fingerprint density at radius 3 is 2.76 bits per heavy atom. The highest BCUT2D eigenvalue weighted by Crippen LogP contribution is 2.23. The third-order valence-electron chi connectivity index (χ3n) is 4.51. The molecule has 1 aromatic carbocycles. The molecule has 1 atom stereocenters. The number of nitrogens with zero attached hydrogens (tertiary/aromatic N) is 5. The number of rotatable bonds is 6. The smallest absolute Gasteiger partial charge is 0.271 e. The number of carbonyl (C=O) groups is 1. The SMILES string of the molecule is CCc1noc(-c2cccnc2-n2cnc(C(=O)NC(C)c3ccccc3)c2)n1. The highest BCUT2D eigenvalue weighted by Gasteiger charge is 2.18. The number of amides is 1. The first-order chi connectivity index (χ1) is 14.2. The van der Waals surface area contributed by atoms with Crippen molar-refractivity contribution in [2.75, 3.05) is 0 Å². The first-order valence-electron chi connectivity index (χ1n) is 9.34. The Bertz CT molecular complexity index is 1120. The molecule has 1 N–H and O–H groups in total. The number of hydrogen-bond donors (Lipinski definition) is 1. The molecule has 146 valence electrons. The molecule has 3 aromatic heterocycles. The number of nitrogens with one attached hydrogen (secondary N) is 1. The first kappa shape index (κ1) is 18.5. The van der Waals surface area contributed by atoms with Crippen molar-refractivity contribution in [2.45, 2.75) is 26.3 Å². The van der Waals surface area contributed by atoms with Gasteiger partial charge in [-0.15, -0.1) is 0 Å². The third kappa shape index (κ3) is 3.91. The zero-order valence-corrected chi connectivity index (χ0v) is 16.1. The summed E-state index contributed by atoms with van der Waals surface area (Å²) < 4.78 is 7.02. The van der Waals surface area contributed by atoms with Gasteiger partial charge in [-0.2, -0.15) is 4.98 Å². The van der Waals surface area contributed by atoms with Crippen molar-refractivity contribution in [1.82, 2.24) is 30.0 Å². The first-order valence-corrected chi connectivity index (χ1v) is 9.34. The van der Waals surface area contributed by atoms with Crippen molar-refractivity contribution in [2.24, 2.45) is 0 Å². The van der Waals surface area contributed by atoms with Crippen molar-refractivity contribution >= 4 is 5.91 Å². The van der Waals surface area contributed by atoms with Gasteiger partial charge in [0.25, 0.3) is 11.8 Å². The second-order valence-corrected chi connectivity index (χ2v) is 6.52. The normalized spacial score (nSPS) is 11.9. The molecule has 4 aromatic rings. The second-order valence-electron chi connectivity index (χ2n) is 6.52. The van der Waals surface area contributed by atoms with Gasteiger partial charge in [0.1, 0.15) is 12.0 Å². The summed E-state index contributed by atoms with van der Waals surface area (Å²) in [7, 11) is 0. The van der Waals surface area contributed by atoms with Gasteiger partial charge in [-0.05, 0) is 24.6 Å². The molecule has 0 radical (unpaired) electrons. The van der Waals surface area contributed by atoms with E-state index in [1.807, 2.05) is 50.2 Å². The minimum atomic E-state index is -0.261. The van der Waals surface area contributed by atoms with Gasteiger partial charge in [0, 0.05) is 18.8 Å². The Morgan fingerprint density at radius 2 is 2.00 bits per heavy atom. The van der Waals surface area contributed by atoms with Crippen molar-refractivity contribution in [3.05, 3.63) is 78.3 Å². The van der Waals surface area contributed by atoms with Crippen LogP contribution in [0.4, 0.5) is 0 Å². The van der Waals surface area contributed by atoms with E-state index in [0.717, 1.165) is 5.56 Å². The maximum Gasteiger partial charge on any atom is 0.271 e. The lowest BCUT2D eigenvalue weighted by atomic mass is 10.1. The monoisotopic (exact) mass is 388 g/mol. The van der Waals surface area contributed by atoms with Crippen LogP contribution < -0.4 is 5.32 Å². The Labute approximate surface area is 167 Å². The van der Waals surface area contributed by atoms with Gasteiger partial charge in [0.2, 0.25) is 0 Å². The number of aromatic nitrogens is 5. The Morgan fingerprint density at radius 1 is 1.17 bits per heavy atom. The third-order valence-corrected chi connectivity index (χ3v) is 4.51. The van der Waals surface area contributed by atoms with Crippen LogP contribution in [0, 0.1) is 0 Å². The molecule has 3 heterocycles. The van der Waals surface area contributed by atoms with Gasteiger partial charge >= 0.3 is 0 Å². The van der Waals surface area contributed by atoms with Crippen LogP contribution in [0.2, 0.25) is 0 Å². The number of pyridine rings is 1. The molecule has 8 nitrogen and oxygen atoms in total. The molecule has 8 heteroatoms. The molecular weight excluding hydrogens is 368 g/mol. The Kier molecular flexibility index (Phi) is 5.15. The zero-order chi connectivity index (χ0) is 20.2. The predicted octanol–water partition coefficient (Wildman–Crippen LogP) is 3.37. The fourth-order valence-electron chi connectivity index (χ4n) is 2.93. The van der Waals surface area contributed by atoms with Gasteiger partial charge in [-0.25, -0.2) is 9.97 Å². The molecule has 0 fully saturated rings. The molecule has 0 spiro atoms. The van der Waals surface area contributed by atoms with Crippen LogP contribution in [-0.2, 0) is 6.42 Å². The number of benzene rings is 1. The van der Waals surface area contributed by atoms with Gasteiger partial charge in [-0.3, -0.25) is 9.36 Å². The van der Waals surface area contributed by atoms with E-state index in [-0.39, 0.29) is 11.9 Å². The van der Waals surface area contributed by atoms with E-state index in [4.69, 9.17) is 4.52 Å². The molecule has 0 bridgehead atoms. The molecule has 1 amide bonds. The lowest BCUT2D eigenvalue weighted by molar-refractivity contribution is 0.0935. The van der Waals surface area contributed by atoms with Crippen LogP contribution in [0.1, 0.15) is 41.8 Å². The number of hydrogen-bond acceptors (Lipinski definition) is 6. The van der Waals surface area contributed by atoms with Crippen molar-refractivity contribution in [3.63, 3.8) is 0 Å². The number of imidazole rings is 1. The topological polar surface area (TPSA) is 98.7 Å². The second kappa shape index (κ2) is 8.05. The molecule has 0 saturated carbocycles. The Balaban J connectivity index is 1.57. The minimum Gasteiger partial charge on any atom is -0.344 e. The highest BCUT2D eigenvalue weighted by molar-refractivity contribution is 5.92. The van der Waals surface area contributed by atoms with Crippen LogP contribution in [0.15, 0.2) is 65.7 Å². The molecule has 0 aliphatic carbocycles. The van der Waals surface area contributed by atoms with Gasteiger partial charge in [0.15, 0.2) is 11.6 Å². The van der Waals surface area contributed by atoms with Crippen LogP contribution in [-0.4, -0.2) is 30.6 Å². The van der Waals surface area contributed by atoms with E-state index in [2.05, 4.69) is 25.4 Å². The van der Waals surface area contributed by atoms with Gasteiger partial charge < -0.3 is 9.84 Å². The van der Waals surface area contributed by atoms with Gasteiger partial charge in [0.05, 0.1) is 11.6 Å². The van der Waals surface area contributed by atoms with Crippen LogP contribution >= 0.6 is 0 Å². The Hall–Kier alpha value is -3.81. The van der Waals surface area contributed by atoms with E-state index in [0.29, 0.717) is 35.2 Å². The fourth-order valence-corrected chi connectivity index (χ4v) is 2.93. The summed E-state index contributed by atoms with van der Waals surface area (Å²) in [5.41, 5.74) is 1.99. The molecule has 29 heavy (non-hydrogen) atoms. The summed E-state index contributed by atoms with van der Waals surface area (Å²) in [6, 6.07) is 13.3. The molecule has 0 aliphatic heterocycles. The summed E-state index contributed by atoms with van der Waals surface area (Å²) in [6.45, 7) is 3.89. The average Bonchev–Trinajstić information content (AvgIpc) is 3.44. The summed E-state index contributed by atoms with van der Waals surface area (Å²) in [6.07, 6.45) is 5.52. The number of aryl methyl sites for hydroxylation is 1. The summed E-state index contributed by atoms with van der Waals surface area (Å²) in [5.74, 6) is 1.29. The van der Waals surface area contributed by atoms with Crippen LogP contribution in [0.3, 0.4) is 0 Å². The minimum absolute atomic E-state index is 0.134. The van der Waals surface area contributed by atoms with E-state index in [9.17, 15) is 4.79 Å². The lowest BCUT2D eigenvalue weighted by Gasteiger charge is -2.13. The highest BCUT2D eigenvalue weighted by atomic mass is 16.5. The predicted molar refractivity (Wildman–Crippen MR) is 106 cm³/mol. The van der Waals surface area contributed by atoms with Crippen LogP contribution in [0.25, 0.3) is 17.3 Å². The quantitative estimate of drug-likeness (QED) is 0.544. The van der Waals surface area contributed by atoms with Crippen molar-refractivity contribution < 1.29 is 9.32 Å². The number of carbonyl (C=O) groups excluding carboxylic acids is 1. The summed E-state index contributed by atoms with van der Waals surface area (Å²) in [5, 5.41) is 6.90. The lowest BCUT2D eigenvalue weighted by Crippen LogP contribution is -2.26. The average molecular weight is 388 g/mol. The molecule has 4 rings (SSSR count). The van der Waals surface area contributed by atoms with E-state index >= 15 is 0 Å². The van der Waals surface area contributed by atoms with Crippen LogP contribution in [0.5, 0.6) is 0 Å². The van der Waals surface area contributed by atoms with E-state index in [1.54, 1.807) is 29.4 Å². The van der Waals surface area contributed by atoms with Crippen molar-refractivity contribution in [3.8, 4) is 17.3 Å². The van der Waals surface area contributed by atoms with E-state index < -0.39 is 0 Å². The summed E-state index contributed by atoms with van der Waals surface area (Å²) in [4.78, 5) is 25.6. The maximum absolute atomic E-state index is 12.6. The van der Waals surface area contributed by atoms with Gasteiger partial charge in [-0.1, -0.05) is 42.4 Å². The van der Waals surface area contributed by atoms with E-state index in [1.165, 1.54) is 0 Å². The molecule has 1 unspecified atom stereocenters. The van der Waals surface area contributed by atoms with Crippen molar-refractivity contribution in [1.29, 1.82) is 0 Å². The molecular formula is C21H20N6O2. The standard InChI is InChI=1S/C21H20N6O2/c1-3-18-25-21(29-26-18)16-10-7-11-22-19(16)27-12-17(23-13-27)20(28)24-14(2)15-8-5-4-6-9-15/h4-14H,3H2,1-2H3,(H,24,28). The molecule has 0 aliphatic rings. The largest absolute Gasteiger partial charge is 0.344 e. The molecule has 0 saturated heterocycles. The fraction of sp³-hybridized carbons (Fsp3) is 0.190.